The van der Waals surface area contributed by atoms with Gasteiger partial charge >= 0.3 is 0 Å². The van der Waals surface area contributed by atoms with E-state index < -0.39 is 0 Å². The predicted molar refractivity (Wildman–Crippen MR) is 75.3 cm³/mol. The van der Waals surface area contributed by atoms with Crippen LogP contribution < -0.4 is 4.90 Å². The standard InChI is InChI=1S/C15H13N3O/c1-18(14-7-2-3-9-17-14)15(19)12-5-4-6-13-11(12)8-10-16-13/h2-10,16H,1H3. The molecule has 2 heterocycles. The van der Waals surface area contributed by atoms with E-state index in [1.165, 1.54) is 0 Å². The summed E-state index contributed by atoms with van der Waals surface area (Å²) in [5.41, 5.74) is 1.63. The Morgan fingerprint density at radius 1 is 1.16 bits per heavy atom. The quantitative estimate of drug-likeness (QED) is 0.761. The van der Waals surface area contributed by atoms with E-state index in [9.17, 15) is 4.79 Å². The highest BCUT2D eigenvalue weighted by Gasteiger charge is 2.16. The summed E-state index contributed by atoms with van der Waals surface area (Å²) in [5, 5.41) is 0.926. The lowest BCUT2D eigenvalue weighted by Crippen LogP contribution is -2.27. The Morgan fingerprint density at radius 3 is 2.84 bits per heavy atom. The zero-order valence-electron chi connectivity index (χ0n) is 10.5. The maximum atomic E-state index is 12.5. The first-order valence-electron chi connectivity index (χ1n) is 6.02. The van der Waals surface area contributed by atoms with E-state index in [1.807, 2.05) is 48.7 Å². The van der Waals surface area contributed by atoms with Crippen LogP contribution in [0.5, 0.6) is 0 Å². The normalized spacial score (nSPS) is 10.6. The van der Waals surface area contributed by atoms with Crippen molar-refractivity contribution in [1.29, 1.82) is 0 Å². The number of carbonyl (C=O) groups excluding carboxylic acids is 1. The fourth-order valence-electron chi connectivity index (χ4n) is 2.11. The predicted octanol–water partition coefficient (Wildman–Crippen LogP) is 2.84. The Hall–Kier alpha value is -2.62. The summed E-state index contributed by atoms with van der Waals surface area (Å²) in [6.45, 7) is 0. The smallest absolute Gasteiger partial charge is 0.259 e. The molecule has 0 saturated carbocycles. The highest BCUT2D eigenvalue weighted by molar-refractivity contribution is 6.13. The molecule has 0 spiro atoms. The minimum atomic E-state index is -0.0658. The number of fused-ring (bicyclic) bond motifs is 1. The summed E-state index contributed by atoms with van der Waals surface area (Å²) in [4.78, 5) is 21.4. The van der Waals surface area contributed by atoms with Crippen LogP contribution >= 0.6 is 0 Å². The lowest BCUT2D eigenvalue weighted by Gasteiger charge is -2.16. The number of amides is 1. The molecule has 1 amide bonds. The van der Waals surface area contributed by atoms with Gasteiger partial charge in [-0.15, -0.1) is 0 Å². The van der Waals surface area contributed by atoms with Gasteiger partial charge in [-0.25, -0.2) is 4.98 Å². The Morgan fingerprint density at radius 2 is 2.05 bits per heavy atom. The minimum Gasteiger partial charge on any atom is -0.361 e. The van der Waals surface area contributed by atoms with Crippen LogP contribution in [0.4, 0.5) is 5.82 Å². The maximum absolute atomic E-state index is 12.5. The number of aromatic nitrogens is 2. The van der Waals surface area contributed by atoms with Gasteiger partial charge in [0.15, 0.2) is 0 Å². The molecule has 2 aromatic heterocycles. The topological polar surface area (TPSA) is 49.0 Å². The van der Waals surface area contributed by atoms with Crippen LogP contribution in [0.2, 0.25) is 0 Å². The van der Waals surface area contributed by atoms with Crippen molar-refractivity contribution in [3.63, 3.8) is 0 Å². The molecule has 4 heteroatoms. The summed E-state index contributed by atoms with van der Waals surface area (Å²) in [6, 6.07) is 13.1. The number of hydrogen-bond acceptors (Lipinski definition) is 2. The molecular weight excluding hydrogens is 238 g/mol. The minimum absolute atomic E-state index is 0.0658. The first-order valence-corrected chi connectivity index (χ1v) is 6.02. The van der Waals surface area contributed by atoms with Crippen LogP contribution in [0.15, 0.2) is 54.9 Å². The Balaban J connectivity index is 2.02. The molecule has 0 bridgehead atoms. The number of H-pyrrole nitrogens is 1. The second-order valence-electron chi connectivity index (χ2n) is 4.30. The molecule has 0 atom stereocenters. The van der Waals surface area contributed by atoms with E-state index in [1.54, 1.807) is 18.1 Å². The molecule has 4 nitrogen and oxygen atoms in total. The molecule has 94 valence electrons. The van der Waals surface area contributed by atoms with Crippen LogP contribution in [0.1, 0.15) is 10.4 Å². The average molecular weight is 251 g/mol. The van der Waals surface area contributed by atoms with Crippen LogP contribution in [-0.4, -0.2) is 22.9 Å². The van der Waals surface area contributed by atoms with Crippen LogP contribution in [0.3, 0.4) is 0 Å². The molecule has 1 aromatic carbocycles. The molecular formula is C15H13N3O. The van der Waals surface area contributed by atoms with Crippen molar-refractivity contribution in [1.82, 2.24) is 9.97 Å². The highest BCUT2D eigenvalue weighted by Crippen LogP contribution is 2.20. The van der Waals surface area contributed by atoms with E-state index in [-0.39, 0.29) is 5.91 Å². The molecule has 0 aliphatic carbocycles. The number of aromatic amines is 1. The first-order chi connectivity index (χ1) is 9.27. The van der Waals surface area contributed by atoms with Gasteiger partial charge in [0.05, 0.1) is 0 Å². The van der Waals surface area contributed by atoms with Gasteiger partial charge in [-0.05, 0) is 30.3 Å². The average Bonchev–Trinajstić information content (AvgIpc) is 2.95. The zero-order chi connectivity index (χ0) is 13.2. The Kier molecular flexibility index (Phi) is 2.76. The van der Waals surface area contributed by atoms with Gasteiger partial charge < -0.3 is 4.98 Å². The Labute approximate surface area is 110 Å². The lowest BCUT2D eigenvalue weighted by molar-refractivity contribution is 0.0994. The van der Waals surface area contributed by atoms with Crippen molar-refractivity contribution in [3.8, 4) is 0 Å². The summed E-state index contributed by atoms with van der Waals surface area (Å²) < 4.78 is 0. The fraction of sp³-hybridized carbons (Fsp3) is 0.0667. The van der Waals surface area contributed by atoms with Gasteiger partial charge in [-0.2, -0.15) is 0 Å². The fourth-order valence-corrected chi connectivity index (χ4v) is 2.11. The second-order valence-corrected chi connectivity index (χ2v) is 4.30. The number of hydrogen-bond donors (Lipinski definition) is 1. The van der Waals surface area contributed by atoms with E-state index >= 15 is 0 Å². The second kappa shape index (κ2) is 4.57. The maximum Gasteiger partial charge on any atom is 0.259 e. The summed E-state index contributed by atoms with van der Waals surface area (Å²) in [6.07, 6.45) is 3.51. The van der Waals surface area contributed by atoms with Crippen LogP contribution in [-0.2, 0) is 0 Å². The van der Waals surface area contributed by atoms with E-state index in [4.69, 9.17) is 0 Å². The summed E-state index contributed by atoms with van der Waals surface area (Å²) >= 11 is 0. The molecule has 19 heavy (non-hydrogen) atoms. The van der Waals surface area contributed by atoms with Crippen molar-refractivity contribution in [3.05, 3.63) is 60.4 Å². The Bertz CT molecular complexity index is 718. The van der Waals surface area contributed by atoms with Crippen LogP contribution in [0.25, 0.3) is 10.9 Å². The number of rotatable bonds is 2. The van der Waals surface area contributed by atoms with Gasteiger partial charge in [0.25, 0.3) is 5.91 Å². The van der Waals surface area contributed by atoms with E-state index in [0.717, 1.165) is 10.9 Å². The van der Waals surface area contributed by atoms with Gasteiger partial charge in [-0.1, -0.05) is 12.1 Å². The first kappa shape index (κ1) is 11.5. The van der Waals surface area contributed by atoms with Gasteiger partial charge in [0.2, 0.25) is 0 Å². The van der Waals surface area contributed by atoms with Crippen LogP contribution in [0, 0.1) is 0 Å². The third-order valence-corrected chi connectivity index (χ3v) is 3.12. The largest absolute Gasteiger partial charge is 0.361 e. The number of anilines is 1. The monoisotopic (exact) mass is 251 g/mol. The van der Waals surface area contributed by atoms with Crippen molar-refractivity contribution < 1.29 is 4.79 Å². The van der Waals surface area contributed by atoms with Gasteiger partial charge in [-0.3, -0.25) is 9.69 Å². The highest BCUT2D eigenvalue weighted by atomic mass is 16.2. The van der Waals surface area contributed by atoms with E-state index in [2.05, 4.69) is 9.97 Å². The molecule has 0 radical (unpaired) electrons. The number of benzene rings is 1. The molecule has 3 aromatic rings. The van der Waals surface area contributed by atoms with E-state index in [0.29, 0.717) is 11.4 Å². The molecule has 0 saturated heterocycles. The molecule has 3 rings (SSSR count). The third kappa shape index (κ3) is 1.97. The van der Waals surface area contributed by atoms with Crippen molar-refractivity contribution in [2.75, 3.05) is 11.9 Å². The van der Waals surface area contributed by atoms with Gasteiger partial charge in [0.1, 0.15) is 5.82 Å². The number of nitrogens with one attached hydrogen (secondary N) is 1. The van der Waals surface area contributed by atoms with Crippen molar-refractivity contribution in [2.45, 2.75) is 0 Å². The van der Waals surface area contributed by atoms with Crippen molar-refractivity contribution >= 4 is 22.6 Å². The third-order valence-electron chi connectivity index (χ3n) is 3.12. The summed E-state index contributed by atoms with van der Waals surface area (Å²) in [7, 11) is 1.73. The SMILES string of the molecule is CN(C(=O)c1cccc2[nH]ccc12)c1ccccn1. The molecule has 1 N–H and O–H groups in total. The lowest BCUT2D eigenvalue weighted by atomic mass is 10.1. The van der Waals surface area contributed by atoms with Gasteiger partial charge in [0, 0.05) is 35.9 Å². The number of pyridine rings is 1. The zero-order valence-corrected chi connectivity index (χ0v) is 10.5. The number of nitrogens with zero attached hydrogens (tertiary/aromatic N) is 2. The molecule has 0 aliphatic rings. The molecule has 0 fully saturated rings. The molecule has 0 aliphatic heterocycles. The summed E-state index contributed by atoms with van der Waals surface area (Å²) in [5.74, 6) is 0.573. The van der Waals surface area contributed by atoms with Crippen molar-refractivity contribution in [2.24, 2.45) is 0 Å². The number of carbonyl (C=O) groups is 1. The molecule has 0 unspecified atom stereocenters.